The first kappa shape index (κ1) is 13.8. The van der Waals surface area contributed by atoms with Crippen LogP contribution in [0.2, 0.25) is 0 Å². The van der Waals surface area contributed by atoms with Crippen LogP contribution >= 0.6 is 15.9 Å². The van der Waals surface area contributed by atoms with E-state index >= 15 is 0 Å². The van der Waals surface area contributed by atoms with E-state index in [0.717, 1.165) is 12.8 Å². The van der Waals surface area contributed by atoms with E-state index in [4.69, 9.17) is 4.74 Å². The normalized spacial score (nSPS) is 26.2. The van der Waals surface area contributed by atoms with E-state index in [1.807, 2.05) is 20.8 Å². The number of alkyl halides is 1. The monoisotopic (exact) mass is 291 g/mol. The van der Waals surface area contributed by atoms with Crippen LogP contribution in [0, 0.1) is 5.92 Å². The first-order valence-corrected chi connectivity index (χ1v) is 6.87. The maximum atomic E-state index is 11.4. The van der Waals surface area contributed by atoms with Gasteiger partial charge in [-0.2, -0.15) is 0 Å². The van der Waals surface area contributed by atoms with Crippen molar-refractivity contribution >= 4 is 22.0 Å². The average molecular weight is 292 g/mol. The summed E-state index contributed by atoms with van der Waals surface area (Å²) in [6, 6.07) is 0. The molecule has 0 heterocycles. The van der Waals surface area contributed by atoms with Crippen molar-refractivity contribution in [2.75, 3.05) is 6.61 Å². The molecular weight excluding hydrogens is 270 g/mol. The summed E-state index contributed by atoms with van der Waals surface area (Å²) in [5.74, 6) is 0.541. The molecule has 94 valence electrons. The smallest absolute Gasteiger partial charge is 0.407 e. The minimum absolute atomic E-state index is 0.218. The summed E-state index contributed by atoms with van der Waals surface area (Å²) in [5, 5.41) is 2.80. The number of carbonyl (C=O) groups excluding carboxylic acids is 1. The number of halogens is 1. The highest BCUT2D eigenvalue weighted by atomic mass is 79.9. The van der Waals surface area contributed by atoms with Gasteiger partial charge in [0, 0.05) is 10.4 Å². The maximum Gasteiger partial charge on any atom is 0.407 e. The van der Waals surface area contributed by atoms with Gasteiger partial charge in [0.25, 0.3) is 0 Å². The van der Waals surface area contributed by atoms with Gasteiger partial charge >= 0.3 is 6.09 Å². The van der Waals surface area contributed by atoms with Crippen molar-refractivity contribution in [2.45, 2.75) is 56.8 Å². The molecule has 1 amide bonds. The zero-order valence-electron chi connectivity index (χ0n) is 10.4. The van der Waals surface area contributed by atoms with Gasteiger partial charge < -0.3 is 10.1 Å². The van der Waals surface area contributed by atoms with Crippen molar-refractivity contribution in [2.24, 2.45) is 5.92 Å². The Hall–Kier alpha value is -0.250. The van der Waals surface area contributed by atoms with Gasteiger partial charge in [-0.05, 0) is 52.4 Å². The van der Waals surface area contributed by atoms with Crippen LogP contribution in [0.5, 0.6) is 0 Å². The molecule has 1 aliphatic carbocycles. The summed E-state index contributed by atoms with van der Waals surface area (Å²) in [6.07, 6.45) is 4.38. The predicted octanol–water partition coefficient (Wildman–Crippen LogP) is 3.46. The Labute approximate surface area is 106 Å². The van der Waals surface area contributed by atoms with Crippen LogP contribution in [0.25, 0.3) is 0 Å². The fourth-order valence-corrected chi connectivity index (χ4v) is 2.35. The molecule has 0 aromatic rings. The molecule has 0 spiro atoms. The number of nitrogens with one attached hydrogen (secondary N) is 1. The molecule has 1 aliphatic rings. The molecule has 1 rings (SSSR count). The van der Waals surface area contributed by atoms with Crippen LogP contribution in [-0.2, 0) is 4.74 Å². The van der Waals surface area contributed by atoms with Crippen molar-refractivity contribution in [1.29, 1.82) is 0 Å². The van der Waals surface area contributed by atoms with E-state index in [1.165, 1.54) is 12.8 Å². The Kier molecular flexibility index (Phi) is 5.09. The van der Waals surface area contributed by atoms with Crippen molar-refractivity contribution in [1.82, 2.24) is 5.32 Å². The molecule has 0 aromatic heterocycles. The molecule has 1 saturated carbocycles. The van der Waals surface area contributed by atoms with Crippen LogP contribution < -0.4 is 5.32 Å². The van der Waals surface area contributed by atoms with E-state index < -0.39 is 0 Å². The van der Waals surface area contributed by atoms with Crippen molar-refractivity contribution in [3.63, 3.8) is 0 Å². The summed E-state index contributed by atoms with van der Waals surface area (Å²) in [6.45, 7) is 6.40. The van der Waals surface area contributed by atoms with E-state index in [2.05, 4.69) is 21.2 Å². The van der Waals surface area contributed by atoms with E-state index in [9.17, 15) is 4.79 Å². The van der Waals surface area contributed by atoms with Gasteiger partial charge in [0.05, 0.1) is 6.61 Å². The topological polar surface area (TPSA) is 38.3 Å². The average Bonchev–Trinajstić information content (AvgIpc) is 2.14. The summed E-state index contributed by atoms with van der Waals surface area (Å²) < 4.78 is 5.23. The Morgan fingerprint density at radius 1 is 1.31 bits per heavy atom. The quantitative estimate of drug-likeness (QED) is 0.791. The van der Waals surface area contributed by atoms with Gasteiger partial charge in [-0.25, -0.2) is 4.79 Å². The Morgan fingerprint density at radius 3 is 2.38 bits per heavy atom. The van der Waals surface area contributed by atoms with Gasteiger partial charge in [-0.15, -0.1) is 0 Å². The summed E-state index contributed by atoms with van der Waals surface area (Å²) in [7, 11) is 0. The van der Waals surface area contributed by atoms with E-state index in [1.54, 1.807) is 0 Å². The number of alkyl carbamates (subject to hydrolysis) is 1. The molecule has 1 fully saturated rings. The maximum absolute atomic E-state index is 11.4. The predicted molar refractivity (Wildman–Crippen MR) is 68.9 cm³/mol. The third-order valence-electron chi connectivity index (χ3n) is 2.70. The van der Waals surface area contributed by atoms with Gasteiger partial charge in [-0.1, -0.05) is 15.9 Å². The lowest BCUT2D eigenvalue weighted by Crippen LogP contribution is -2.41. The van der Waals surface area contributed by atoms with Gasteiger partial charge in [0.2, 0.25) is 0 Å². The van der Waals surface area contributed by atoms with Crippen LogP contribution in [-0.4, -0.2) is 23.1 Å². The number of hydrogen-bond acceptors (Lipinski definition) is 2. The lowest BCUT2D eigenvalue weighted by molar-refractivity contribution is 0.110. The van der Waals surface area contributed by atoms with Crippen molar-refractivity contribution < 1.29 is 9.53 Å². The van der Waals surface area contributed by atoms with E-state index in [0.29, 0.717) is 17.4 Å². The van der Waals surface area contributed by atoms with Crippen molar-refractivity contribution in [3.05, 3.63) is 0 Å². The van der Waals surface area contributed by atoms with Crippen LogP contribution in [0.3, 0.4) is 0 Å². The third-order valence-corrected chi connectivity index (χ3v) is 3.62. The minimum Gasteiger partial charge on any atom is -0.449 e. The molecule has 0 aromatic carbocycles. The number of ether oxygens (including phenoxy) is 1. The fourth-order valence-electron chi connectivity index (χ4n) is 1.82. The van der Waals surface area contributed by atoms with Crippen LogP contribution in [0.4, 0.5) is 4.79 Å². The molecule has 0 aliphatic heterocycles. The van der Waals surface area contributed by atoms with E-state index in [-0.39, 0.29) is 11.6 Å². The molecule has 0 bridgehead atoms. The summed E-state index contributed by atoms with van der Waals surface area (Å²) in [4.78, 5) is 12.1. The van der Waals surface area contributed by atoms with Gasteiger partial charge in [-0.3, -0.25) is 0 Å². The second-order valence-corrected chi connectivity index (χ2v) is 6.89. The molecular formula is C12H22BrNO2. The molecule has 0 saturated heterocycles. The molecule has 0 unspecified atom stereocenters. The van der Waals surface area contributed by atoms with Gasteiger partial charge in [0.15, 0.2) is 0 Å². The Morgan fingerprint density at radius 2 is 1.88 bits per heavy atom. The molecule has 3 nitrogen and oxygen atoms in total. The number of amides is 1. The number of carbonyl (C=O) groups is 1. The number of rotatable bonds is 2. The fraction of sp³-hybridized carbons (Fsp3) is 0.917. The largest absolute Gasteiger partial charge is 0.449 e. The highest BCUT2D eigenvalue weighted by Crippen LogP contribution is 2.28. The minimum atomic E-state index is -0.298. The molecule has 1 N–H and O–H groups in total. The zero-order valence-corrected chi connectivity index (χ0v) is 12.0. The first-order chi connectivity index (χ1) is 7.37. The lowest BCUT2D eigenvalue weighted by atomic mass is 9.90. The molecule has 0 atom stereocenters. The molecule has 0 radical (unpaired) electrons. The summed E-state index contributed by atoms with van der Waals surface area (Å²) in [5.41, 5.74) is -0.218. The van der Waals surface area contributed by atoms with Gasteiger partial charge in [0.1, 0.15) is 0 Å². The summed E-state index contributed by atoms with van der Waals surface area (Å²) >= 11 is 3.62. The SMILES string of the molecule is CC(C)(C)NC(=O)OCC1CCC(Br)CC1. The van der Waals surface area contributed by atoms with Crippen molar-refractivity contribution in [3.8, 4) is 0 Å². The number of hydrogen-bond donors (Lipinski definition) is 1. The highest BCUT2D eigenvalue weighted by molar-refractivity contribution is 9.09. The molecule has 16 heavy (non-hydrogen) atoms. The van der Waals surface area contributed by atoms with Crippen LogP contribution in [0.15, 0.2) is 0 Å². The Balaban J connectivity index is 2.17. The van der Waals surface area contributed by atoms with Crippen LogP contribution in [0.1, 0.15) is 46.5 Å². The lowest BCUT2D eigenvalue weighted by Gasteiger charge is -2.26. The highest BCUT2D eigenvalue weighted by Gasteiger charge is 2.21. The second-order valence-electron chi connectivity index (χ2n) is 5.59. The standard InChI is InChI=1S/C12H22BrNO2/c1-12(2,3)14-11(15)16-8-9-4-6-10(13)7-5-9/h9-10H,4-8H2,1-3H3,(H,14,15). The first-order valence-electron chi connectivity index (χ1n) is 5.96. The molecule has 4 heteroatoms. The second kappa shape index (κ2) is 5.89. The Bertz CT molecular complexity index is 230. The zero-order chi connectivity index (χ0) is 12.2. The third kappa shape index (κ3) is 5.73.